The molecule has 0 aromatic carbocycles. The molecule has 0 bridgehead atoms. The molecule has 0 aliphatic carbocycles. The van der Waals surface area contributed by atoms with Crippen LogP contribution in [0.15, 0.2) is 30.6 Å². The number of hydrogen-bond donors (Lipinski definition) is 0. The van der Waals surface area contributed by atoms with Crippen LogP contribution in [-0.4, -0.2) is 10.9 Å². The van der Waals surface area contributed by atoms with Gasteiger partial charge in [-0.15, -0.1) is 0 Å². The van der Waals surface area contributed by atoms with Crippen LogP contribution in [0.1, 0.15) is 5.56 Å². The minimum absolute atomic E-state index is 0.645. The van der Waals surface area contributed by atoms with Crippen LogP contribution < -0.4 is 0 Å². The predicted molar refractivity (Wildman–Crippen MR) is 38.2 cm³/mol. The number of pyridine rings is 1. The maximum absolute atomic E-state index is 9.78. The molecule has 1 aromatic rings. The minimum atomic E-state index is 0.645. The van der Waals surface area contributed by atoms with E-state index in [-0.39, 0.29) is 0 Å². The molecule has 0 atom stereocenters. The lowest BCUT2D eigenvalue weighted by Crippen LogP contribution is -1.79. The first-order valence-electron chi connectivity index (χ1n) is 3.02. The first-order valence-corrected chi connectivity index (χ1v) is 3.02. The van der Waals surface area contributed by atoms with Crippen molar-refractivity contribution in [3.05, 3.63) is 36.2 Å². The van der Waals surface area contributed by atoms with Crippen molar-refractivity contribution in [2.24, 2.45) is 0 Å². The highest BCUT2D eigenvalue weighted by Crippen LogP contribution is 1.95. The number of hydrogen-bond acceptors (Lipinski definition) is 2. The van der Waals surface area contributed by atoms with Crippen molar-refractivity contribution in [1.82, 2.24) is 4.98 Å². The molecule has 1 rings (SSSR count). The molecule has 0 amide bonds. The maximum Gasteiger partial charge on any atom is 0.120 e. The third-order valence-electron chi connectivity index (χ3n) is 1.17. The van der Waals surface area contributed by atoms with E-state index in [1.807, 2.05) is 12.1 Å². The summed E-state index contributed by atoms with van der Waals surface area (Å²) in [4.78, 5) is 13.6. The molecular formula is C8H7NO. The topological polar surface area (TPSA) is 30.0 Å². The molecule has 0 radical (unpaired) electrons. The van der Waals surface area contributed by atoms with Gasteiger partial charge in [0.2, 0.25) is 0 Å². The standard InChI is InChI=1S/C8H7NO/c10-7-1-2-8-3-5-9-6-4-8/h1,3-6H,2H2. The summed E-state index contributed by atoms with van der Waals surface area (Å²) >= 11 is 0. The van der Waals surface area contributed by atoms with E-state index in [0.717, 1.165) is 5.56 Å². The van der Waals surface area contributed by atoms with Gasteiger partial charge in [0.05, 0.1) is 0 Å². The maximum atomic E-state index is 9.78. The summed E-state index contributed by atoms with van der Waals surface area (Å²) in [7, 11) is 0. The van der Waals surface area contributed by atoms with Crippen LogP contribution in [-0.2, 0) is 11.2 Å². The van der Waals surface area contributed by atoms with Crippen molar-refractivity contribution in [3.8, 4) is 0 Å². The highest BCUT2D eigenvalue weighted by molar-refractivity contribution is 5.46. The fraction of sp³-hybridized carbons (Fsp3) is 0.125. The molecule has 10 heavy (non-hydrogen) atoms. The molecule has 2 heteroatoms. The Morgan fingerprint density at radius 2 is 2.20 bits per heavy atom. The van der Waals surface area contributed by atoms with Crippen LogP contribution in [0.4, 0.5) is 0 Å². The van der Waals surface area contributed by atoms with Gasteiger partial charge in [-0.2, -0.15) is 0 Å². The summed E-state index contributed by atoms with van der Waals surface area (Å²) in [5.74, 6) is 1.72. The van der Waals surface area contributed by atoms with Gasteiger partial charge in [-0.1, -0.05) is 0 Å². The molecule has 0 aliphatic heterocycles. The second kappa shape index (κ2) is 3.59. The average molecular weight is 133 g/mol. The Bertz CT molecular complexity index is 237. The van der Waals surface area contributed by atoms with E-state index in [0.29, 0.717) is 6.42 Å². The van der Waals surface area contributed by atoms with Crippen molar-refractivity contribution < 1.29 is 4.79 Å². The van der Waals surface area contributed by atoms with Gasteiger partial charge in [-0.25, -0.2) is 4.79 Å². The normalized spacial score (nSPS) is 8.40. The zero-order valence-corrected chi connectivity index (χ0v) is 5.45. The number of carbonyl (C=O) groups excluding carboxylic acids is 1. The van der Waals surface area contributed by atoms with Crippen molar-refractivity contribution >= 4 is 5.94 Å². The van der Waals surface area contributed by atoms with Gasteiger partial charge < -0.3 is 0 Å². The average Bonchev–Trinajstić information content (AvgIpc) is 2.03. The van der Waals surface area contributed by atoms with Gasteiger partial charge in [0, 0.05) is 24.9 Å². The molecular weight excluding hydrogens is 126 g/mol. The van der Waals surface area contributed by atoms with Gasteiger partial charge in [-0.05, 0) is 17.7 Å². The van der Waals surface area contributed by atoms with E-state index in [1.54, 1.807) is 18.3 Å². The molecule has 0 unspecified atom stereocenters. The number of rotatable bonds is 2. The Balaban J connectivity index is 2.67. The molecule has 0 saturated heterocycles. The molecule has 2 nitrogen and oxygen atoms in total. The minimum Gasteiger partial charge on any atom is -0.265 e. The molecule has 0 saturated carbocycles. The molecule has 0 spiro atoms. The molecule has 0 N–H and O–H groups in total. The summed E-state index contributed by atoms with van der Waals surface area (Å²) in [5, 5.41) is 0. The first-order chi connectivity index (χ1) is 4.93. The smallest absolute Gasteiger partial charge is 0.120 e. The van der Waals surface area contributed by atoms with Crippen LogP contribution in [0.25, 0.3) is 0 Å². The van der Waals surface area contributed by atoms with Crippen LogP contribution >= 0.6 is 0 Å². The van der Waals surface area contributed by atoms with Crippen molar-refractivity contribution in [1.29, 1.82) is 0 Å². The van der Waals surface area contributed by atoms with E-state index in [9.17, 15) is 4.79 Å². The third kappa shape index (κ3) is 1.84. The van der Waals surface area contributed by atoms with Gasteiger partial charge in [-0.3, -0.25) is 4.98 Å². The molecule has 1 heterocycles. The van der Waals surface area contributed by atoms with E-state index in [2.05, 4.69) is 4.98 Å². The third-order valence-corrected chi connectivity index (χ3v) is 1.17. The van der Waals surface area contributed by atoms with Crippen molar-refractivity contribution in [2.75, 3.05) is 0 Å². The quantitative estimate of drug-likeness (QED) is 0.563. The molecule has 50 valence electrons. The number of aromatic nitrogens is 1. The molecule has 0 aliphatic rings. The van der Waals surface area contributed by atoms with Crippen LogP contribution in [0, 0.1) is 0 Å². The fourth-order valence-electron chi connectivity index (χ4n) is 0.678. The Hall–Kier alpha value is -1.40. The summed E-state index contributed by atoms with van der Waals surface area (Å²) in [6, 6.07) is 3.74. The predicted octanol–water partition coefficient (Wildman–Crippen LogP) is 1.01. The summed E-state index contributed by atoms with van der Waals surface area (Å²) in [5.41, 5.74) is 1.08. The monoisotopic (exact) mass is 133 g/mol. The lowest BCUT2D eigenvalue weighted by molar-refractivity contribution is 0.568. The highest BCUT2D eigenvalue weighted by atomic mass is 16.1. The van der Waals surface area contributed by atoms with E-state index < -0.39 is 0 Å². The van der Waals surface area contributed by atoms with E-state index in [1.165, 1.54) is 6.08 Å². The van der Waals surface area contributed by atoms with Crippen molar-refractivity contribution in [3.63, 3.8) is 0 Å². The van der Waals surface area contributed by atoms with Gasteiger partial charge in [0.15, 0.2) is 0 Å². The Kier molecular flexibility index (Phi) is 2.41. The Morgan fingerprint density at radius 3 is 2.80 bits per heavy atom. The second-order valence-electron chi connectivity index (χ2n) is 1.88. The van der Waals surface area contributed by atoms with Gasteiger partial charge in [0.1, 0.15) is 5.94 Å². The lowest BCUT2D eigenvalue weighted by atomic mass is 10.2. The van der Waals surface area contributed by atoms with Crippen LogP contribution in [0.5, 0.6) is 0 Å². The molecule has 0 fully saturated rings. The Morgan fingerprint density at radius 1 is 1.50 bits per heavy atom. The number of allylic oxidation sites excluding steroid dienone is 1. The van der Waals surface area contributed by atoms with Crippen molar-refractivity contribution in [2.45, 2.75) is 6.42 Å². The molecule has 1 aromatic heterocycles. The number of nitrogens with zero attached hydrogens (tertiary/aromatic N) is 1. The van der Waals surface area contributed by atoms with Crippen LogP contribution in [0.3, 0.4) is 0 Å². The fourth-order valence-corrected chi connectivity index (χ4v) is 0.678. The largest absolute Gasteiger partial charge is 0.265 e. The lowest BCUT2D eigenvalue weighted by Gasteiger charge is -1.89. The summed E-state index contributed by atoms with van der Waals surface area (Å²) in [6.07, 6.45) is 5.50. The van der Waals surface area contributed by atoms with Gasteiger partial charge >= 0.3 is 0 Å². The summed E-state index contributed by atoms with van der Waals surface area (Å²) in [6.45, 7) is 0. The highest BCUT2D eigenvalue weighted by Gasteiger charge is 1.84. The second-order valence-corrected chi connectivity index (χ2v) is 1.88. The first kappa shape index (κ1) is 6.72. The zero-order chi connectivity index (χ0) is 7.23. The Labute approximate surface area is 59.2 Å². The van der Waals surface area contributed by atoms with E-state index in [4.69, 9.17) is 0 Å². The zero-order valence-electron chi connectivity index (χ0n) is 5.45. The van der Waals surface area contributed by atoms with E-state index >= 15 is 0 Å². The van der Waals surface area contributed by atoms with Gasteiger partial charge in [0.25, 0.3) is 0 Å². The summed E-state index contributed by atoms with van der Waals surface area (Å²) < 4.78 is 0. The SMILES string of the molecule is O=C=CCc1ccncc1. The van der Waals surface area contributed by atoms with Crippen LogP contribution in [0.2, 0.25) is 0 Å².